The number of alkyl halides is 3. The van der Waals surface area contributed by atoms with Gasteiger partial charge < -0.3 is 30.7 Å². The summed E-state index contributed by atoms with van der Waals surface area (Å²) in [6.07, 6.45) is -2.11. The summed E-state index contributed by atoms with van der Waals surface area (Å²) in [5.74, 6) is -0.395. The van der Waals surface area contributed by atoms with E-state index in [1.54, 1.807) is 23.1 Å². The number of nitrogens with zero attached hydrogens (tertiary/aromatic N) is 1. The second kappa shape index (κ2) is 14.9. The highest BCUT2D eigenvalue weighted by atomic mass is 19.4. The van der Waals surface area contributed by atoms with Gasteiger partial charge in [-0.1, -0.05) is 48.5 Å². The molecule has 1 aliphatic heterocycles. The fourth-order valence-corrected chi connectivity index (χ4v) is 5.36. The van der Waals surface area contributed by atoms with Crippen molar-refractivity contribution in [3.05, 3.63) is 101 Å². The molecule has 1 aromatic heterocycles. The Morgan fingerprint density at radius 3 is 2.47 bits per heavy atom. The molecule has 0 unspecified atom stereocenters. The second-order valence-corrected chi connectivity index (χ2v) is 10.8. The molecule has 2 atom stereocenters. The van der Waals surface area contributed by atoms with Gasteiger partial charge in [0.05, 0.1) is 28.9 Å². The van der Waals surface area contributed by atoms with Gasteiger partial charge in [0.15, 0.2) is 0 Å². The number of anilines is 1. The lowest BCUT2D eigenvalue weighted by Gasteiger charge is -2.25. The summed E-state index contributed by atoms with van der Waals surface area (Å²) >= 11 is 0. The second-order valence-electron chi connectivity index (χ2n) is 10.8. The number of aromatic amines is 1. The van der Waals surface area contributed by atoms with Crippen molar-refractivity contribution in [2.45, 2.75) is 51.1 Å². The SMILES string of the molecule is Cc1c[nH]c2c(N3CCCC3=O)cc(C(=O)N[C@@H](Cc3ccccc3)[C@H](O)CNCc3cccc(C(F)(F)F)c3)cc12.O=CO. The Morgan fingerprint density at radius 2 is 1.80 bits per heavy atom. The van der Waals surface area contributed by atoms with Crippen LogP contribution in [0.4, 0.5) is 18.9 Å². The number of amides is 2. The van der Waals surface area contributed by atoms with Gasteiger partial charge in [-0.15, -0.1) is 0 Å². The third-order valence-electron chi connectivity index (χ3n) is 7.62. The average Bonchev–Trinajstić information content (AvgIpc) is 3.62. The van der Waals surface area contributed by atoms with Gasteiger partial charge in [0.2, 0.25) is 5.91 Å². The van der Waals surface area contributed by atoms with Crippen molar-refractivity contribution in [1.82, 2.24) is 15.6 Å². The molecule has 5 N–H and O–H groups in total. The Morgan fingerprint density at radius 1 is 1.09 bits per heavy atom. The molecule has 3 aromatic carbocycles. The van der Waals surface area contributed by atoms with Crippen molar-refractivity contribution < 1.29 is 37.8 Å². The summed E-state index contributed by atoms with van der Waals surface area (Å²) in [7, 11) is 0. The molecule has 4 aromatic rings. The number of halogens is 3. The number of nitrogens with one attached hydrogen (secondary N) is 3. The average molecular weight is 625 g/mol. The Labute approximate surface area is 258 Å². The van der Waals surface area contributed by atoms with E-state index in [-0.39, 0.29) is 25.5 Å². The Kier molecular flexibility index (Phi) is 11.0. The van der Waals surface area contributed by atoms with Crippen LogP contribution in [0, 0.1) is 6.92 Å². The van der Waals surface area contributed by atoms with E-state index in [0.29, 0.717) is 36.2 Å². The van der Waals surface area contributed by atoms with Crippen molar-refractivity contribution in [3.8, 4) is 0 Å². The third kappa shape index (κ3) is 8.49. The number of aryl methyl sites for hydroxylation is 1. The van der Waals surface area contributed by atoms with Gasteiger partial charge in [-0.3, -0.25) is 14.4 Å². The zero-order valence-corrected chi connectivity index (χ0v) is 24.6. The van der Waals surface area contributed by atoms with E-state index in [0.717, 1.165) is 40.6 Å². The molecule has 9 nitrogen and oxygen atoms in total. The van der Waals surface area contributed by atoms with E-state index < -0.39 is 29.8 Å². The van der Waals surface area contributed by atoms with E-state index in [9.17, 15) is 27.9 Å². The lowest BCUT2D eigenvalue weighted by Crippen LogP contribution is -2.48. The van der Waals surface area contributed by atoms with Crippen LogP contribution in [0.2, 0.25) is 0 Å². The van der Waals surface area contributed by atoms with Crippen molar-refractivity contribution in [2.75, 3.05) is 18.0 Å². The summed E-state index contributed by atoms with van der Waals surface area (Å²) < 4.78 is 39.3. The minimum Gasteiger partial charge on any atom is -0.483 e. The van der Waals surface area contributed by atoms with Crippen LogP contribution in [-0.4, -0.2) is 58.7 Å². The molecule has 2 amide bonds. The lowest BCUT2D eigenvalue weighted by atomic mass is 9.99. The molecule has 45 heavy (non-hydrogen) atoms. The molecule has 0 radical (unpaired) electrons. The normalized spacial score (nSPS) is 14.5. The van der Waals surface area contributed by atoms with Crippen molar-refractivity contribution in [3.63, 3.8) is 0 Å². The highest BCUT2D eigenvalue weighted by Crippen LogP contribution is 2.33. The Balaban J connectivity index is 0.00000148. The third-order valence-corrected chi connectivity index (χ3v) is 7.62. The fraction of sp³-hybridized carbons (Fsp3) is 0.303. The fourth-order valence-electron chi connectivity index (χ4n) is 5.36. The van der Waals surface area contributed by atoms with Crippen LogP contribution < -0.4 is 15.5 Å². The van der Waals surface area contributed by atoms with Crippen LogP contribution in [0.25, 0.3) is 10.9 Å². The van der Waals surface area contributed by atoms with Crippen LogP contribution in [0.3, 0.4) is 0 Å². The number of hydrogen-bond donors (Lipinski definition) is 5. The van der Waals surface area contributed by atoms with Crippen molar-refractivity contribution in [2.24, 2.45) is 0 Å². The van der Waals surface area contributed by atoms with E-state index in [1.807, 2.05) is 43.5 Å². The maximum atomic E-state index is 13.6. The molecule has 1 fully saturated rings. The maximum absolute atomic E-state index is 13.6. The highest BCUT2D eigenvalue weighted by molar-refractivity contribution is 6.08. The smallest absolute Gasteiger partial charge is 0.416 e. The Hall–Kier alpha value is -4.68. The molecule has 0 aliphatic carbocycles. The Bertz CT molecular complexity index is 1620. The summed E-state index contributed by atoms with van der Waals surface area (Å²) in [5.41, 5.74) is 3.34. The standard InChI is InChI=1S/C32H33F3N4O3.CH2O2/c1-20-17-37-30-25(20)15-23(16-27(30)39-12-6-11-29(39)41)31(42)38-26(14-21-7-3-2-4-8-21)28(40)19-36-18-22-9-5-10-24(13-22)32(33,34)35;2-1-3/h2-5,7-10,13,15-17,26,28,36-37,40H,6,11-12,14,18-19H2,1H3,(H,38,42);1H,(H,2,3)/t26-,28+;/m0./s1. The molecule has 0 spiro atoms. The van der Waals surface area contributed by atoms with Gasteiger partial charge in [-0.25, -0.2) is 0 Å². The minimum absolute atomic E-state index is 0.00494. The quantitative estimate of drug-likeness (QED) is 0.161. The van der Waals surface area contributed by atoms with Gasteiger partial charge >= 0.3 is 6.18 Å². The first-order chi connectivity index (χ1) is 21.5. The number of aliphatic hydroxyl groups is 1. The van der Waals surface area contributed by atoms with Crippen molar-refractivity contribution >= 4 is 34.9 Å². The first-order valence-corrected chi connectivity index (χ1v) is 14.4. The summed E-state index contributed by atoms with van der Waals surface area (Å²) in [4.78, 5) is 39.5. The van der Waals surface area contributed by atoms with Gasteiger partial charge in [0.25, 0.3) is 12.4 Å². The van der Waals surface area contributed by atoms with Gasteiger partial charge in [-0.05, 0) is 54.7 Å². The van der Waals surface area contributed by atoms with Crippen molar-refractivity contribution in [1.29, 1.82) is 0 Å². The predicted octanol–water partition coefficient (Wildman–Crippen LogP) is 4.81. The van der Waals surface area contributed by atoms with E-state index in [2.05, 4.69) is 15.6 Å². The number of carbonyl (C=O) groups excluding carboxylic acids is 2. The van der Waals surface area contributed by atoms with E-state index in [4.69, 9.17) is 9.90 Å². The number of carboxylic acid groups (broad SMARTS) is 1. The van der Waals surface area contributed by atoms with Crippen LogP contribution in [-0.2, 0) is 28.7 Å². The number of fused-ring (bicyclic) bond motifs is 1. The maximum Gasteiger partial charge on any atom is 0.416 e. The van der Waals surface area contributed by atoms with Gasteiger partial charge in [0.1, 0.15) is 0 Å². The summed E-state index contributed by atoms with van der Waals surface area (Å²) in [5, 5.41) is 24.9. The molecule has 1 aliphatic rings. The van der Waals surface area contributed by atoms with Gasteiger partial charge in [0, 0.05) is 43.2 Å². The molecule has 0 saturated carbocycles. The number of aliphatic hydroxyl groups excluding tert-OH is 1. The highest BCUT2D eigenvalue weighted by Gasteiger charge is 2.30. The molecule has 238 valence electrons. The summed E-state index contributed by atoms with van der Waals surface area (Å²) in [6.45, 7) is 2.40. The number of rotatable bonds is 10. The van der Waals surface area contributed by atoms with Crippen LogP contribution in [0.5, 0.6) is 0 Å². The zero-order valence-electron chi connectivity index (χ0n) is 24.6. The van der Waals surface area contributed by atoms with Crippen LogP contribution >= 0.6 is 0 Å². The topological polar surface area (TPSA) is 135 Å². The van der Waals surface area contributed by atoms with E-state index >= 15 is 0 Å². The largest absolute Gasteiger partial charge is 0.483 e. The number of H-pyrrole nitrogens is 1. The molecule has 1 saturated heterocycles. The number of carbonyl (C=O) groups is 3. The van der Waals surface area contributed by atoms with Crippen LogP contribution in [0.1, 0.15) is 45.5 Å². The lowest BCUT2D eigenvalue weighted by molar-refractivity contribution is -0.137. The molecule has 2 heterocycles. The van der Waals surface area contributed by atoms with Gasteiger partial charge in [-0.2, -0.15) is 13.2 Å². The molecular weight excluding hydrogens is 589 g/mol. The summed E-state index contributed by atoms with van der Waals surface area (Å²) in [6, 6.07) is 17.2. The first-order valence-electron chi connectivity index (χ1n) is 14.4. The molecule has 0 bridgehead atoms. The molecular formula is C33H35F3N4O5. The number of aromatic nitrogens is 1. The van der Waals surface area contributed by atoms with E-state index in [1.165, 1.54) is 6.07 Å². The molecule has 12 heteroatoms. The number of benzene rings is 3. The number of hydrogen-bond acceptors (Lipinski definition) is 5. The zero-order chi connectivity index (χ0) is 32.6. The minimum atomic E-state index is -4.44. The predicted molar refractivity (Wildman–Crippen MR) is 164 cm³/mol. The monoisotopic (exact) mass is 624 g/mol. The molecule has 5 rings (SSSR count). The van der Waals surface area contributed by atoms with Crippen LogP contribution in [0.15, 0.2) is 72.9 Å². The first kappa shape index (κ1) is 33.2.